The van der Waals surface area contributed by atoms with Gasteiger partial charge in [0.25, 0.3) is 0 Å². The highest BCUT2D eigenvalue weighted by Crippen LogP contribution is 2.25. The normalized spacial score (nSPS) is 12.0. The third-order valence-electron chi connectivity index (χ3n) is 2.42. The number of ether oxygens (including phenoxy) is 1. The zero-order valence-corrected chi connectivity index (χ0v) is 9.91. The van der Waals surface area contributed by atoms with E-state index in [9.17, 15) is 4.79 Å². The first-order chi connectivity index (χ1) is 7.58. The van der Waals surface area contributed by atoms with Gasteiger partial charge < -0.3 is 15.8 Å². The van der Waals surface area contributed by atoms with E-state index < -0.39 is 0 Å². The SMILES string of the molecule is COc1cc(C)ccc1NC(=O)C(C)CN. The van der Waals surface area contributed by atoms with Crippen LogP contribution in [-0.2, 0) is 4.79 Å². The number of amides is 1. The number of nitrogens with one attached hydrogen (secondary N) is 1. The Kier molecular flexibility index (Phi) is 4.31. The molecule has 4 nitrogen and oxygen atoms in total. The molecular weight excluding hydrogens is 204 g/mol. The average molecular weight is 222 g/mol. The second-order valence-corrected chi connectivity index (χ2v) is 3.83. The van der Waals surface area contributed by atoms with Gasteiger partial charge in [-0.05, 0) is 24.6 Å². The number of carbonyl (C=O) groups excluding carboxylic acids is 1. The smallest absolute Gasteiger partial charge is 0.228 e. The maximum Gasteiger partial charge on any atom is 0.228 e. The number of aryl methyl sites for hydroxylation is 1. The van der Waals surface area contributed by atoms with Crippen LogP contribution in [0.3, 0.4) is 0 Å². The molecule has 0 aliphatic rings. The standard InChI is InChI=1S/C12H18N2O2/c1-8-4-5-10(11(6-8)16-3)14-12(15)9(2)7-13/h4-6,9H,7,13H2,1-3H3,(H,14,15). The topological polar surface area (TPSA) is 64.3 Å². The molecule has 0 saturated heterocycles. The van der Waals surface area contributed by atoms with Crippen molar-refractivity contribution in [1.29, 1.82) is 0 Å². The molecule has 1 aromatic rings. The van der Waals surface area contributed by atoms with Crippen molar-refractivity contribution in [3.05, 3.63) is 23.8 Å². The molecule has 4 heteroatoms. The fourth-order valence-electron chi connectivity index (χ4n) is 1.26. The van der Waals surface area contributed by atoms with E-state index in [1.54, 1.807) is 14.0 Å². The largest absolute Gasteiger partial charge is 0.495 e. The van der Waals surface area contributed by atoms with Crippen molar-refractivity contribution in [2.75, 3.05) is 19.0 Å². The zero-order valence-electron chi connectivity index (χ0n) is 9.91. The van der Waals surface area contributed by atoms with E-state index in [2.05, 4.69) is 5.32 Å². The molecule has 3 N–H and O–H groups in total. The van der Waals surface area contributed by atoms with Crippen LogP contribution in [0.25, 0.3) is 0 Å². The molecule has 1 aromatic carbocycles. The lowest BCUT2D eigenvalue weighted by Crippen LogP contribution is -2.26. The van der Waals surface area contributed by atoms with Crippen LogP contribution in [-0.4, -0.2) is 19.6 Å². The summed E-state index contributed by atoms with van der Waals surface area (Å²) in [5.74, 6) is 0.369. The van der Waals surface area contributed by atoms with E-state index in [0.717, 1.165) is 5.56 Å². The molecule has 88 valence electrons. The molecule has 0 bridgehead atoms. The van der Waals surface area contributed by atoms with Crippen LogP contribution in [0.15, 0.2) is 18.2 Å². The molecule has 1 amide bonds. The lowest BCUT2D eigenvalue weighted by atomic mass is 10.1. The lowest BCUT2D eigenvalue weighted by molar-refractivity contribution is -0.119. The highest BCUT2D eigenvalue weighted by molar-refractivity contribution is 5.93. The van der Waals surface area contributed by atoms with Crippen LogP contribution in [0.1, 0.15) is 12.5 Å². The minimum absolute atomic E-state index is 0.0929. The van der Waals surface area contributed by atoms with Crippen LogP contribution in [0.2, 0.25) is 0 Å². The van der Waals surface area contributed by atoms with E-state index in [1.807, 2.05) is 25.1 Å². The van der Waals surface area contributed by atoms with Crippen molar-refractivity contribution in [1.82, 2.24) is 0 Å². The summed E-state index contributed by atoms with van der Waals surface area (Å²) in [7, 11) is 1.58. The van der Waals surface area contributed by atoms with E-state index >= 15 is 0 Å². The zero-order chi connectivity index (χ0) is 12.1. The summed E-state index contributed by atoms with van der Waals surface area (Å²) in [5, 5.41) is 2.80. The van der Waals surface area contributed by atoms with Crippen molar-refractivity contribution in [2.24, 2.45) is 11.7 Å². The van der Waals surface area contributed by atoms with Gasteiger partial charge in [0.2, 0.25) is 5.91 Å². The van der Waals surface area contributed by atoms with Gasteiger partial charge >= 0.3 is 0 Å². The third kappa shape index (κ3) is 2.97. The van der Waals surface area contributed by atoms with Crippen LogP contribution in [0.4, 0.5) is 5.69 Å². The summed E-state index contributed by atoms with van der Waals surface area (Å²) in [6, 6.07) is 5.63. The Morgan fingerprint density at radius 1 is 1.56 bits per heavy atom. The number of nitrogens with two attached hydrogens (primary N) is 1. The summed E-state index contributed by atoms with van der Waals surface area (Å²) < 4.78 is 5.19. The summed E-state index contributed by atoms with van der Waals surface area (Å²) in [6.45, 7) is 4.09. The molecule has 1 rings (SSSR count). The second kappa shape index (κ2) is 5.51. The molecule has 0 aliphatic carbocycles. The van der Waals surface area contributed by atoms with Gasteiger partial charge in [-0.3, -0.25) is 4.79 Å². The molecule has 0 aromatic heterocycles. The van der Waals surface area contributed by atoms with Gasteiger partial charge in [-0.15, -0.1) is 0 Å². The Morgan fingerprint density at radius 2 is 2.25 bits per heavy atom. The van der Waals surface area contributed by atoms with Gasteiger partial charge in [0.05, 0.1) is 12.8 Å². The maximum atomic E-state index is 11.6. The molecule has 0 saturated carbocycles. The van der Waals surface area contributed by atoms with Gasteiger partial charge in [-0.1, -0.05) is 13.0 Å². The predicted molar refractivity (Wildman–Crippen MR) is 64.6 cm³/mol. The lowest BCUT2D eigenvalue weighted by Gasteiger charge is -2.13. The predicted octanol–water partition coefficient (Wildman–Crippen LogP) is 1.54. The molecule has 1 unspecified atom stereocenters. The molecular formula is C12H18N2O2. The highest BCUT2D eigenvalue weighted by atomic mass is 16.5. The van der Waals surface area contributed by atoms with E-state index in [1.165, 1.54) is 0 Å². The number of anilines is 1. The van der Waals surface area contributed by atoms with Gasteiger partial charge in [0, 0.05) is 12.5 Å². The highest BCUT2D eigenvalue weighted by Gasteiger charge is 2.13. The molecule has 0 heterocycles. The Hall–Kier alpha value is -1.55. The Balaban J connectivity index is 2.84. The third-order valence-corrected chi connectivity index (χ3v) is 2.42. The van der Waals surface area contributed by atoms with E-state index in [-0.39, 0.29) is 11.8 Å². The molecule has 16 heavy (non-hydrogen) atoms. The molecule has 0 radical (unpaired) electrons. The first kappa shape index (κ1) is 12.5. The Morgan fingerprint density at radius 3 is 2.81 bits per heavy atom. The monoisotopic (exact) mass is 222 g/mol. The van der Waals surface area contributed by atoms with Crippen molar-refractivity contribution >= 4 is 11.6 Å². The number of rotatable bonds is 4. The van der Waals surface area contributed by atoms with Crippen molar-refractivity contribution < 1.29 is 9.53 Å². The van der Waals surface area contributed by atoms with Crippen molar-refractivity contribution in [2.45, 2.75) is 13.8 Å². The first-order valence-electron chi connectivity index (χ1n) is 5.24. The molecule has 0 spiro atoms. The van der Waals surface area contributed by atoms with Crippen molar-refractivity contribution in [3.8, 4) is 5.75 Å². The van der Waals surface area contributed by atoms with E-state index in [4.69, 9.17) is 10.5 Å². The maximum absolute atomic E-state index is 11.6. The van der Waals surface area contributed by atoms with Crippen LogP contribution in [0.5, 0.6) is 5.75 Å². The van der Waals surface area contributed by atoms with Gasteiger partial charge in [0.15, 0.2) is 0 Å². The van der Waals surface area contributed by atoms with Gasteiger partial charge in [-0.25, -0.2) is 0 Å². The minimum Gasteiger partial charge on any atom is -0.495 e. The number of carbonyl (C=O) groups is 1. The molecule has 1 atom stereocenters. The first-order valence-corrected chi connectivity index (χ1v) is 5.24. The number of hydrogen-bond acceptors (Lipinski definition) is 3. The van der Waals surface area contributed by atoms with Crippen LogP contribution < -0.4 is 15.8 Å². The summed E-state index contributed by atoms with van der Waals surface area (Å²) >= 11 is 0. The number of benzene rings is 1. The molecule has 0 fully saturated rings. The number of methoxy groups -OCH3 is 1. The summed E-state index contributed by atoms with van der Waals surface area (Å²) in [4.78, 5) is 11.6. The summed E-state index contributed by atoms with van der Waals surface area (Å²) in [6.07, 6.45) is 0. The van der Waals surface area contributed by atoms with Gasteiger partial charge in [0.1, 0.15) is 5.75 Å². The van der Waals surface area contributed by atoms with Crippen LogP contribution >= 0.6 is 0 Å². The Bertz CT molecular complexity index is 377. The minimum atomic E-state index is -0.203. The number of hydrogen-bond donors (Lipinski definition) is 2. The average Bonchev–Trinajstić information content (AvgIpc) is 2.30. The summed E-state index contributed by atoms with van der Waals surface area (Å²) in [5.41, 5.74) is 7.19. The fourth-order valence-corrected chi connectivity index (χ4v) is 1.26. The van der Waals surface area contributed by atoms with E-state index in [0.29, 0.717) is 18.0 Å². The van der Waals surface area contributed by atoms with Crippen molar-refractivity contribution in [3.63, 3.8) is 0 Å². The Labute approximate surface area is 95.8 Å². The van der Waals surface area contributed by atoms with Crippen LogP contribution in [0, 0.1) is 12.8 Å². The van der Waals surface area contributed by atoms with Gasteiger partial charge in [-0.2, -0.15) is 0 Å². The quantitative estimate of drug-likeness (QED) is 0.812. The second-order valence-electron chi connectivity index (χ2n) is 3.83. The molecule has 0 aliphatic heterocycles. The fraction of sp³-hybridized carbons (Fsp3) is 0.417.